The molecule has 1 fully saturated rings. The predicted octanol–water partition coefficient (Wildman–Crippen LogP) is 4.45. The van der Waals surface area contributed by atoms with Crippen LogP contribution in [0.4, 0.5) is 0 Å². The van der Waals surface area contributed by atoms with Crippen LogP contribution in [0.1, 0.15) is 29.9 Å². The minimum Gasteiger partial charge on any atom is -0.497 e. The van der Waals surface area contributed by atoms with Crippen molar-refractivity contribution < 1.29 is 9.15 Å². The van der Waals surface area contributed by atoms with E-state index in [4.69, 9.17) is 9.15 Å². The molecule has 1 aromatic heterocycles. The molecule has 4 nitrogen and oxygen atoms in total. The van der Waals surface area contributed by atoms with Gasteiger partial charge in [-0.25, -0.2) is 0 Å². The Morgan fingerprint density at radius 1 is 1.15 bits per heavy atom. The molecule has 1 aromatic carbocycles. The van der Waals surface area contributed by atoms with Gasteiger partial charge in [0.1, 0.15) is 17.3 Å². The highest BCUT2D eigenvalue weighted by atomic mass is 16.5. The maximum absolute atomic E-state index is 5.71. The van der Waals surface area contributed by atoms with E-state index in [1.165, 1.54) is 38.0 Å². The van der Waals surface area contributed by atoms with Gasteiger partial charge in [0, 0.05) is 13.1 Å². The first-order valence-corrected chi connectivity index (χ1v) is 9.89. The lowest BCUT2D eigenvalue weighted by molar-refractivity contribution is 0.145. The summed E-state index contributed by atoms with van der Waals surface area (Å²) in [5, 5.41) is 0. The Bertz CT molecular complexity index is 712. The van der Waals surface area contributed by atoms with E-state index in [1.54, 1.807) is 7.11 Å². The third-order valence-corrected chi connectivity index (χ3v) is 5.30. The van der Waals surface area contributed by atoms with Crippen LogP contribution in [0.25, 0.3) is 6.08 Å². The van der Waals surface area contributed by atoms with Crippen LogP contribution in [0.2, 0.25) is 0 Å². The Hall–Kier alpha value is -2.04. The van der Waals surface area contributed by atoms with Gasteiger partial charge in [0.15, 0.2) is 0 Å². The Morgan fingerprint density at radius 3 is 2.52 bits per heavy atom. The van der Waals surface area contributed by atoms with Gasteiger partial charge in [-0.3, -0.25) is 4.90 Å². The fourth-order valence-corrected chi connectivity index (χ4v) is 3.72. The normalized spacial score (nSPS) is 16.4. The number of rotatable bonds is 8. The first-order chi connectivity index (χ1) is 13.1. The molecule has 0 amide bonds. The molecule has 1 aliphatic rings. The zero-order valence-electron chi connectivity index (χ0n) is 16.9. The number of piperidine rings is 1. The van der Waals surface area contributed by atoms with E-state index in [0.717, 1.165) is 36.3 Å². The average Bonchev–Trinajstić information content (AvgIpc) is 3.08. The summed E-state index contributed by atoms with van der Waals surface area (Å²) in [5.74, 6) is 3.78. The van der Waals surface area contributed by atoms with Crippen molar-refractivity contribution in [3.63, 3.8) is 0 Å². The minimum absolute atomic E-state index is 0.791. The Kier molecular flexibility index (Phi) is 7.13. The zero-order valence-corrected chi connectivity index (χ0v) is 16.9. The summed E-state index contributed by atoms with van der Waals surface area (Å²) in [7, 11) is 3.92. The maximum atomic E-state index is 5.71. The minimum atomic E-state index is 0.791. The highest BCUT2D eigenvalue weighted by molar-refractivity contribution is 5.50. The van der Waals surface area contributed by atoms with Gasteiger partial charge in [-0.15, -0.1) is 0 Å². The second kappa shape index (κ2) is 9.77. The van der Waals surface area contributed by atoms with Gasteiger partial charge in [0.05, 0.1) is 13.7 Å². The van der Waals surface area contributed by atoms with Crippen molar-refractivity contribution >= 4 is 6.08 Å². The molecule has 146 valence electrons. The van der Waals surface area contributed by atoms with E-state index >= 15 is 0 Å². The lowest BCUT2D eigenvalue weighted by atomic mass is 9.96. The lowest BCUT2D eigenvalue weighted by Gasteiger charge is -2.33. The van der Waals surface area contributed by atoms with Gasteiger partial charge in [0.25, 0.3) is 0 Å². The summed E-state index contributed by atoms with van der Waals surface area (Å²) >= 11 is 0. The summed E-state index contributed by atoms with van der Waals surface area (Å²) in [6, 6.07) is 12.3. The van der Waals surface area contributed by atoms with Crippen molar-refractivity contribution in [3.8, 4) is 5.75 Å². The maximum Gasteiger partial charge on any atom is 0.118 e. The number of likely N-dealkylation sites (N-methyl/N-ethyl adjacent to an activating group) is 1. The van der Waals surface area contributed by atoms with Crippen LogP contribution in [0.3, 0.4) is 0 Å². The van der Waals surface area contributed by atoms with Crippen LogP contribution < -0.4 is 4.74 Å². The smallest absolute Gasteiger partial charge is 0.118 e. The highest BCUT2D eigenvalue weighted by Crippen LogP contribution is 2.20. The number of aryl methyl sites for hydroxylation is 1. The molecule has 2 aromatic rings. The fourth-order valence-electron chi connectivity index (χ4n) is 3.72. The van der Waals surface area contributed by atoms with Crippen molar-refractivity contribution in [3.05, 3.63) is 59.6 Å². The number of methoxy groups -OCH3 is 1. The number of hydrogen-bond acceptors (Lipinski definition) is 4. The topological polar surface area (TPSA) is 28.9 Å². The van der Waals surface area contributed by atoms with Crippen LogP contribution in [-0.2, 0) is 6.54 Å². The fraction of sp³-hybridized carbons (Fsp3) is 0.478. The van der Waals surface area contributed by atoms with Crippen molar-refractivity contribution in [2.24, 2.45) is 5.92 Å². The second-order valence-corrected chi connectivity index (χ2v) is 7.63. The molecule has 4 heteroatoms. The van der Waals surface area contributed by atoms with Crippen LogP contribution in [-0.4, -0.2) is 50.1 Å². The second-order valence-electron chi connectivity index (χ2n) is 7.63. The first-order valence-electron chi connectivity index (χ1n) is 9.89. The molecule has 0 atom stereocenters. The van der Waals surface area contributed by atoms with Crippen molar-refractivity contribution in [1.29, 1.82) is 0 Å². The molecular weight excluding hydrogens is 336 g/mol. The van der Waals surface area contributed by atoms with Gasteiger partial charge in [-0.1, -0.05) is 24.3 Å². The monoisotopic (exact) mass is 368 g/mol. The summed E-state index contributed by atoms with van der Waals surface area (Å²) < 4.78 is 10.9. The van der Waals surface area contributed by atoms with Crippen molar-refractivity contribution in [1.82, 2.24) is 9.80 Å². The Labute approximate surface area is 163 Å². The van der Waals surface area contributed by atoms with Gasteiger partial charge in [-0.2, -0.15) is 0 Å². The Morgan fingerprint density at radius 2 is 1.89 bits per heavy atom. The van der Waals surface area contributed by atoms with Crippen LogP contribution in [0.5, 0.6) is 5.75 Å². The van der Waals surface area contributed by atoms with Crippen molar-refractivity contribution in [2.75, 3.05) is 40.3 Å². The number of hydrogen-bond donors (Lipinski definition) is 0. The molecule has 2 heterocycles. The van der Waals surface area contributed by atoms with Crippen LogP contribution in [0, 0.1) is 12.8 Å². The highest BCUT2D eigenvalue weighted by Gasteiger charge is 2.20. The number of benzene rings is 1. The average molecular weight is 369 g/mol. The number of furan rings is 1. The largest absolute Gasteiger partial charge is 0.497 e. The molecule has 0 spiro atoms. The molecule has 1 aliphatic heterocycles. The van der Waals surface area contributed by atoms with Gasteiger partial charge in [-0.05, 0) is 75.6 Å². The summed E-state index contributed by atoms with van der Waals surface area (Å²) in [4.78, 5) is 4.94. The quantitative estimate of drug-likeness (QED) is 0.688. The number of ether oxygens (including phenoxy) is 1. The summed E-state index contributed by atoms with van der Waals surface area (Å²) in [5.41, 5.74) is 1.21. The van der Waals surface area contributed by atoms with E-state index < -0.39 is 0 Å². The van der Waals surface area contributed by atoms with Gasteiger partial charge >= 0.3 is 0 Å². The number of nitrogens with zero attached hydrogens (tertiary/aromatic N) is 2. The molecule has 0 unspecified atom stereocenters. The molecule has 0 bridgehead atoms. The Balaban J connectivity index is 1.36. The molecule has 0 aliphatic carbocycles. The third kappa shape index (κ3) is 6.26. The standard InChI is InChI=1S/C23H32N2O2/c1-19-6-9-23(27-19)18-25-15-12-21(13-16-25)17-24(2)14-4-5-20-7-10-22(26-3)11-8-20/h4-11,21H,12-18H2,1-3H3. The van der Waals surface area contributed by atoms with E-state index in [9.17, 15) is 0 Å². The van der Waals surface area contributed by atoms with E-state index in [1.807, 2.05) is 19.1 Å². The molecule has 27 heavy (non-hydrogen) atoms. The lowest BCUT2D eigenvalue weighted by Crippen LogP contribution is -2.37. The molecule has 0 saturated carbocycles. The summed E-state index contributed by atoms with van der Waals surface area (Å²) in [6.45, 7) is 7.44. The van der Waals surface area contributed by atoms with E-state index in [-0.39, 0.29) is 0 Å². The zero-order chi connectivity index (χ0) is 19.1. The van der Waals surface area contributed by atoms with Crippen LogP contribution >= 0.6 is 0 Å². The van der Waals surface area contributed by atoms with Gasteiger partial charge in [0.2, 0.25) is 0 Å². The van der Waals surface area contributed by atoms with Gasteiger partial charge < -0.3 is 14.1 Å². The SMILES string of the molecule is COc1ccc(C=CCN(C)CC2CCN(Cc3ccc(C)o3)CC2)cc1. The van der Waals surface area contributed by atoms with Crippen LogP contribution in [0.15, 0.2) is 46.9 Å². The molecule has 0 N–H and O–H groups in total. The van der Waals surface area contributed by atoms with E-state index in [0.29, 0.717) is 0 Å². The predicted molar refractivity (Wildman–Crippen MR) is 111 cm³/mol. The first kappa shape index (κ1) is 19.7. The van der Waals surface area contributed by atoms with Crippen molar-refractivity contribution in [2.45, 2.75) is 26.3 Å². The summed E-state index contributed by atoms with van der Waals surface area (Å²) in [6.07, 6.45) is 6.97. The molecule has 1 saturated heterocycles. The molecule has 0 radical (unpaired) electrons. The van der Waals surface area contributed by atoms with E-state index in [2.05, 4.69) is 53.3 Å². The third-order valence-electron chi connectivity index (χ3n) is 5.30. The molecular formula is C23H32N2O2. The number of likely N-dealkylation sites (tertiary alicyclic amines) is 1. The molecule has 3 rings (SSSR count).